The fourth-order valence-corrected chi connectivity index (χ4v) is 2.66. The molecule has 0 amide bonds. The second-order valence-corrected chi connectivity index (χ2v) is 5.43. The maximum absolute atomic E-state index is 3.51. The van der Waals surface area contributed by atoms with Crippen LogP contribution in [0.5, 0.6) is 0 Å². The quantitative estimate of drug-likeness (QED) is 0.532. The van der Waals surface area contributed by atoms with Gasteiger partial charge in [0.1, 0.15) is 0 Å². The number of hydrogen-bond acceptors (Lipinski definition) is 4. The summed E-state index contributed by atoms with van der Waals surface area (Å²) in [6.45, 7) is 5.28. The van der Waals surface area contributed by atoms with E-state index in [4.69, 9.17) is 0 Å². The molecule has 1 aliphatic rings. The summed E-state index contributed by atoms with van der Waals surface area (Å²) in [5, 5.41) is 6.16. The Morgan fingerprint density at radius 3 is 3.00 bits per heavy atom. The molecule has 0 aliphatic carbocycles. The normalized spacial score (nSPS) is 23.9. The summed E-state index contributed by atoms with van der Waals surface area (Å²) in [7, 11) is 0. The van der Waals surface area contributed by atoms with Crippen LogP contribution in [-0.4, -0.2) is 22.4 Å². The molecule has 2 unspecified atom stereocenters. The van der Waals surface area contributed by atoms with E-state index in [-0.39, 0.29) is 0 Å². The summed E-state index contributed by atoms with van der Waals surface area (Å²) in [5.74, 6) is 0. The molecule has 1 aliphatic heterocycles. The first kappa shape index (κ1) is 12.6. The van der Waals surface area contributed by atoms with Crippen molar-refractivity contribution in [1.82, 2.24) is 16.2 Å². The van der Waals surface area contributed by atoms with E-state index < -0.39 is 0 Å². The molecule has 0 saturated carbocycles. The third kappa shape index (κ3) is 4.37. The SMILES string of the molecule is CCC(CI)NCC1=CSC(C)NN1. The van der Waals surface area contributed by atoms with Gasteiger partial charge in [-0.25, -0.2) is 5.43 Å². The minimum Gasteiger partial charge on any atom is -0.323 e. The van der Waals surface area contributed by atoms with Crippen LogP contribution in [0.3, 0.4) is 0 Å². The molecular weight excluding hydrogens is 309 g/mol. The maximum atomic E-state index is 3.51. The third-order valence-corrected chi connectivity index (χ3v) is 4.12. The molecule has 82 valence electrons. The van der Waals surface area contributed by atoms with E-state index >= 15 is 0 Å². The number of nitrogens with one attached hydrogen (secondary N) is 3. The molecule has 1 heterocycles. The Bertz CT molecular complexity index is 194. The molecule has 1 rings (SSSR count). The van der Waals surface area contributed by atoms with Gasteiger partial charge in [0.25, 0.3) is 0 Å². The first-order valence-corrected chi connectivity index (χ1v) is 7.38. The number of thioether (sulfide) groups is 1. The lowest BCUT2D eigenvalue weighted by atomic mass is 10.2. The Hall–Kier alpha value is 0.540. The lowest BCUT2D eigenvalue weighted by Crippen LogP contribution is -2.43. The molecule has 3 nitrogen and oxygen atoms in total. The van der Waals surface area contributed by atoms with Crippen molar-refractivity contribution in [3.63, 3.8) is 0 Å². The average Bonchev–Trinajstić information content (AvgIpc) is 2.22. The molecule has 14 heavy (non-hydrogen) atoms. The summed E-state index contributed by atoms with van der Waals surface area (Å²) in [6.07, 6.45) is 1.19. The van der Waals surface area contributed by atoms with Crippen molar-refractivity contribution in [3.05, 3.63) is 11.1 Å². The highest BCUT2D eigenvalue weighted by Gasteiger charge is 2.09. The first-order valence-electron chi connectivity index (χ1n) is 4.91. The van der Waals surface area contributed by atoms with Gasteiger partial charge >= 0.3 is 0 Å². The van der Waals surface area contributed by atoms with Crippen LogP contribution >= 0.6 is 34.4 Å². The van der Waals surface area contributed by atoms with Crippen LogP contribution < -0.4 is 16.2 Å². The molecule has 5 heteroatoms. The summed E-state index contributed by atoms with van der Waals surface area (Å²) < 4.78 is 1.17. The molecule has 0 spiro atoms. The molecule has 0 fully saturated rings. The molecule has 0 saturated heterocycles. The Morgan fingerprint density at radius 2 is 2.50 bits per heavy atom. The molecule has 0 aromatic rings. The number of hydrazine groups is 1. The Morgan fingerprint density at radius 1 is 1.71 bits per heavy atom. The van der Waals surface area contributed by atoms with Crippen LogP contribution in [0.4, 0.5) is 0 Å². The minimum absolute atomic E-state index is 0.463. The number of alkyl halides is 1. The van der Waals surface area contributed by atoms with Crippen molar-refractivity contribution >= 4 is 34.4 Å². The third-order valence-electron chi connectivity index (χ3n) is 2.11. The van der Waals surface area contributed by atoms with Gasteiger partial charge in [0.05, 0.1) is 5.37 Å². The lowest BCUT2D eigenvalue weighted by molar-refractivity contribution is 0.525. The molecule has 3 N–H and O–H groups in total. The van der Waals surface area contributed by atoms with Gasteiger partial charge in [-0.05, 0) is 18.8 Å². The molecule has 0 aromatic heterocycles. The van der Waals surface area contributed by atoms with Crippen molar-refractivity contribution in [2.45, 2.75) is 31.7 Å². The summed E-state index contributed by atoms with van der Waals surface area (Å²) in [6, 6.07) is 0.627. The highest BCUT2D eigenvalue weighted by Crippen LogP contribution is 2.14. The zero-order chi connectivity index (χ0) is 10.4. The van der Waals surface area contributed by atoms with Gasteiger partial charge in [-0.15, -0.1) is 11.8 Å². The second kappa shape index (κ2) is 6.92. The predicted molar refractivity (Wildman–Crippen MR) is 72.4 cm³/mol. The number of rotatable bonds is 5. The van der Waals surface area contributed by atoms with Gasteiger partial charge in [0, 0.05) is 22.7 Å². The fourth-order valence-electron chi connectivity index (χ4n) is 1.09. The number of hydrogen-bond donors (Lipinski definition) is 3. The van der Waals surface area contributed by atoms with Crippen molar-refractivity contribution in [1.29, 1.82) is 0 Å². The van der Waals surface area contributed by atoms with Crippen LogP contribution in [-0.2, 0) is 0 Å². The minimum atomic E-state index is 0.463. The monoisotopic (exact) mass is 327 g/mol. The molecule has 0 radical (unpaired) electrons. The predicted octanol–water partition coefficient (Wildman–Crippen LogP) is 1.82. The molecule has 2 atom stereocenters. The van der Waals surface area contributed by atoms with E-state index in [1.165, 1.54) is 16.5 Å². The highest BCUT2D eigenvalue weighted by atomic mass is 127. The highest BCUT2D eigenvalue weighted by molar-refractivity contribution is 14.1. The largest absolute Gasteiger partial charge is 0.323 e. The van der Waals surface area contributed by atoms with Gasteiger partial charge in [-0.2, -0.15) is 0 Å². The van der Waals surface area contributed by atoms with Gasteiger partial charge in [-0.1, -0.05) is 29.5 Å². The van der Waals surface area contributed by atoms with Gasteiger partial charge in [0.15, 0.2) is 0 Å². The summed E-state index contributed by atoms with van der Waals surface area (Å²) >= 11 is 4.24. The summed E-state index contributed by atoms with van der Waals surface area (Å²) in [4.78, 5) is 0. The Labute approximate surface area is 104 Å². The van der Waals surface area contributed by atoms with E-state index in [1.807, 2.05) is 11.8 Å². The average molecular weight is 327 g/mol. The van der Waals surface area contributed by atoms with E-state index in [9.17, 15) is 0 Å². The zero-order valence-electron chi connectivity index (χ0n) is 8.64. The van der Waals surface area contributed by atoms with E-state index in [0.29, 0.717) is 11.4 Å². The van der Waals surface area contributed by atoms with Crippen LogP contribution in [0.15, 0.2) is 11.1 Å². The van der Waals surface area contributed by atoms with Crippen molar-refractivity contribution in [3.8, 4) is 0 Å². The molecular formula is C9H18IN3S. The Kier molecular flexibility index (Phi) is 6.23. The van der Waals surface area contributed by atoms with Crippen molar-refractivity contribution in [2.24, 2.45) is 0 Å². The fraction of sp³-hybridized carbons (Fsp3) is 0.778. The van der Waals surface area contributed by atoms with E-state index in [0.717, 1.165) is 6.54 Å². The van der Waals surface area contributed by atoms with Crippen LogP contribution in [0, 0.1) is 0 Å². The second-order valence-electron chi connectivity index (χ2n) is 3.33. The topological polar surface area (TPSA) is 36.1 Å². The maximum Gasteiger partial charge on any atom is 0.0726 e. The molecule has 0 aromatic carbocycles. The standard InChI is InChI=1S/C9H18IN3S/c1-3-8(4-10)11-5-9-6-14-7(2)12-13-9/h6-8,11-13H,3-5H2,1-2H3. The van der Waals surface area contributed by atoms with Crippen molar-refractivity contribution < 1.29 is 0 Å². The lowest BCUT2D eigenvalue weighted by Gasteiger charge is -2.23. The van der Waals surface area contributed by atoms with Gasteiger partial charge in [-0.3, -0.25) is 0 Å². The first-order chi connectivity index (χ1) is 6.76. The Balaban J connectivity index is 2.24. The van der Waals surface area contributed by atoms with Crippen LogP contribution in [0.25, 0.3) is 0 Å². The van der Waals surface area contributed by atoms with Crippen LogP contribution in [0.1, 0.15) is 20.3 Å². The molecule has 0 bridgehead atoms. The van der Waals surface area contributed by atoms with Gasteiger partial charge < -0.3 is 10.7 Å². The van der Waals surface area contributed by atoms with Crippen molar-refractivity contribution in [2.75, 3.05) is 11.0 Å². The van der Waals surface area contributed by atoms with E-state index in [1.54, 1.807) is 0 Å². The summed E-state index contributed by atoms with van der Waals surface area (Å²) in [5.41, 5.74) is 7.63. The van der Waals surface area contributed by atoms with Crippen LogP contribution in [0.2, 0.25) is 0 Å². The van der Waals surface area contributed by atoms with Gasteiger partial charge in [0.2, 0.25) is 0 Å². The number of halogens is 1. The zero-order valence-corrected chi connectivity index (χ0v) is 11.6. The van der Waals surface area contributed by atoms with E-state index in [2.05, 4.69) is 58.0 Å². The smallest absolute Gasteiger partial charge is 0.0726 e.